The van der Waals surface area contributed by atoms with Crippen molar-refractivity contribution in [3.8, 4) is 0 Å². The maximum absolute atomic E-state index is 13.1. The lowest BCUT2D eigenvalue weighted by Crippen LogP contribution is -2.58. The van der Waals surface area contributed by atoms with Gasteiger partial charge in [-0.15, -0.1) is 0 Å². The lowest BCUT2D eigenvalue weighted by molar-refractivity contribution is -0.129. The van der Waals surface area contributed by atoms with E-state index in [0.29, 0.717) is 31.0 Å². The lowest BCUT2D eigenvalue weighted by atomic mass is 9.54. The van der Waals surface area contributed by atoms with Crippen LogP contribution < -0.4 is 21.7 Å². The van der Waals surface area contributed by atoms with E-state index in [1.165, 1.54) is 32.1 Å². The molecule has 5 aliphatic rings. The van der Waals surface area contributed by atoms with Crippen molar-refractivity contribution in [2.24, 2.45) is 29.4 Å². The summed E-state index contributed by atoms with van der Waals surface area (Å²) < 4.78 is 0. The summed E-state index contributed by atoms with van der Waals surface area (Å²) in [5, 5.41) is 8.77. The second kappa shape index (κ2) is 9.22. The quantitative estimate of drug-likeness (QED) is 0.441. The van der Waals surface area contributed by atoms with Gasteiger partial charge in [-0.1, -0.05) is 0 Å². The third-order valence-corrected chi connectivity index (χ3v) is 7.76. The van der Waals surface area contributed by atoms with Gasteiger partial charge in [-0.25, -0.2) is 0 Å². The van der Waals surface area contributed by atoms with E-state index < -0.39 is 6.04 Å². The summed E-state index contributed by atoms with van der Waals surface area (Å²) in [4.78, 5) is 38.6. The molecule has 1 aliphatic heterocycles. The van der Waals surface area contributed by atoms with Gasteiger partial charge in [0.25, 0.3) is 0 Å². The molecule has 0 aromatic carbocycles. The summed E-state index contributed by atoms with van der Waals surface area (Å²) in [7, 11) is 0. The zero-order valence-electron chi connectivity index (χ0n) is 18.1. The maximum Gasteiger partial charge on any atom is 0.239 e. The van der Waals surface area contributed by atoms with E-state index in [4.69, 9.17) is 5.73 Å². The van der Waals surface area contributed by atoms with Crippen LogP contribution in [0.15, 0.2) is 0 Å². The summed E-state index contributed by atoms with van der Waals surface area (Å²) in [6.45, 7) is 3.50. The van der Waals surface area contributed by atoms with Crippen molar-refractivity contribution in [3.63, 3.8) is 0 Å². The van der Waals surface area contributed by atoms with Crippen LogP contribution in [0, 0.1) is 23.7 Å². The highest BCUT2D eigenvalue weighted by Gasteiger charge is 2.49. The summed E-state index contributed by atoms with van der Waals surface area (Å²) in [6, 6.07) is -0.339. The van der Waals surface area contributed by atoms with Crippen molar-refractivity contribution in [2.45, 2.75) is 70.0 Å². The molecule has 4 aliphatic carbocycles. The third kappa shape index (κ3) is 4.80. The van der Waals surface area contributed by atoms with Crippen LogP contribution >= 0.6 is 0 Å². The maximum atomic E-state index is 13.1. The fourth-order valence-electron chi connectivity index (χ4n) is 6.54. The lowest BCUT2D eigenvalue weighted by Gasteiger charge is -2.54. The summed E-state index contributed by atoms with van der Waals surface area (Å²) in [5.74, 6) is 2.79. The minimum absolute atomic E-state index is 0.0727. The van der Waals surface area contributed by atoms with Crippen LogP contribution in [0.4, 0.5) is 0 Å². The number of nitrogens with zero attached hydrogens (tertiary/aromatic N) is 1. The molecular formula is C22H37N5O3. The molecule has 1 heterocycles. The second-order valence-corrected chi connectivity index (χ2v) is 10.0. The minimum Gasteiger partial charge on any atom is -0.353 e. The number of likely N-dealkylation sites (tertiary alicyclic amines) is 1. The van der Waals surface area contributed by atoms with E-state index in [1.54, 1.807) is 6.92 Å². The summed E-state index contributed by atoms with van der Waals surface area (Å²) in [5.41, 5.74) is 5.47. The Balaban J connectivity index is 1.20. The molecular weight excluding hydrogens is 382 g/mol. The standard InChI is InChI=1S/C22H37N5O3/c1-13(23)21(29)25-12-19(28)24-4-6-27-5-2-3-18(27)22(30)26-20-16-8-14-7-15(10-16)11-17(20)9-14/h13-18,20H,2-12,23H2,1H3,(H,24,28)(H,25,29)(H,26,30)/t13?,14?,15?,16?,17?,18-,20?/m1/s1. The zero-order chi connectivity index (χ0) is 21.3. The first-order chi connectivity index (χ1) is 14.4. The Hall–Kier alpha value is -1.67. The number of carbonyl (C=O) groups is 3. The first-order valence-corrected chi connectivity index (χ1v) is 11.7. The third-order valence-electron chi connectivity index (χ3n) is 7.76. The monoisotopic (exact) mass is 419 g/mol. The van der Waals surface area contributed by atoms with Gasteiger partial charge in [-0.3, -0.25) is 19.3 Å². The normalized spacial score (nSPS) is 35.8. The molecule has 2 atom stereocenters. The van der Waals surface area contributed by atoms with E-state index in [2.05, 4.69) is 20.9 Å². The highest BCUT2D eigenvalue weighted by molar-refractivity contribution is 5.87. The summed E-state index contributed by atoms with van der Waals surface area (Å²) >= 11 is 0. The fraction of sp³-hybridized carbons (Fsp3) is 0.864. The largest absolute Gasteiger partial charge is 0.353 e. The van der Waals surface area contributed by atoms with Gasteiger partial charge in [0.05, 0.1) is 18.6 Å². The molecule has 0 aromatic rings. The van der Waals surface area contributed by atoms with Crippen LogP contribution in [0.3, 0.4) is 0 Å². The molecule has 168 valence electrons. The number of amides is 3. The highest BCUT2D eigenvalue weighted by atomic mass is 16.2. The van der Waals surface area contributed by atoms with Crippen LogP contribution in [-0.2, 0) is 14.4 Å². The van der Waals surface area contributed by atoms with Crippen LogP contribution in [0.2, 0.25) is 0 Å². The van der Waals surface area contributed by atoms with Crippen molar-refractivity contribution >= 4 is 17.7 Å². The van der Waals surface area contributed by atoms with Crippen molar-refractivity contribution in [1.29, 1.82) is 0 Å². The van der Waals surface area contributed by atoms with E-state index in [0.717, 1.165) is 31.2 Å². The Bertz CT molecular complexity index is 639. The number of nitrogens with one attached hydrogen (secondary N) is 3. The molecule has 1 unspecified atom stereocenters. The molecule has 0 aromatic heterocycles. The number of hydrogen-bond acceptors (Lipinski definition) is 5. The topological polar surface area (TPSA) is 117 Å². The fourth-order valence-corrected chi connectivity index (χ4v) is 6.54. The van der Waals surface area contributed by atoms with Gasteiger partial charge >= 0.3 is 0 Å². The highest BCUT2D eigenvalue weighted by Crippen LogP contribution is 2.53. The Kier molecular flexibility index (Phi) is 6.63. The number of nitrogens with two attached hydrogens (primary N) is 1. The number of hydrogen-bond donors (Lipinski definition) is 4. The Morgan fingerprint density at radius 2 is 1.70 bits per heavy atom. The Morgan fingerprint density at radius 1 is 1.03 bits per heavy atom. The van der Waals surface area contributed by atoms with Crippen molar-refractivity contribution in [1.82, 2.24) is 20.9 Å². The molecule has 0 radical (unpaired) electrons. The number of rotatable bonds is 8. The van der Waals surface area contributed by atoms with E-state index in [9.17, 15) is 14.4 Å². The first-order valence-electron chi connectivity index (χ1n) is 11.7. The molecule has 5 rings (SSSR count). The molecule has 4 saturated carbocycles. The average Bonchev–Trinajstić information content (AvgIpc) is 3.16. The molecule has 8 nitrogen and oxygen atoms in total. The van der Waals surface area contributed by atoms with Gasteiger partial charge in [0, 0.05) is 19.1 Å². The van der Waals surface area contributed by atoms with Gasteiger partial charge in [0.15, 0.2) is 0 Å². The molecule has 3 amide bonds. The van der Waals surface area contributed by atoms with E-state index in [-0.39, 0.29) is 30.3 Å². The molecule has 30 heavy (non-hydrogen) atoms. The van der Waals surface area contributed by atoms with Crippen LogP contribution in [0.1, 0.15) is 51.9 Å². The molecule has 5 N–H and O–H groups in total. The van der Waals surface area contributed by atoms with E-state index in [1.807, 2.05) is 0 Å². The van der Waals surface area contributed by atoms with Gasteiger partial charge < -0.3 is 21.7 Å². The molecule has 1 saturated heterocycles. The van der Waals surface area contributed by atoms with Gasteiger partial charge in [0.2, 0.25) is 17.7 Å². The molecule has 4 bridgehead atoms. The summed E-state index contributed by atoms with van der Waals surface area (Å²) in [6.07, 6.45) is 8.53. The van der Waals surface area contributed by atoms with Crippen LogP contribution in [0.5, 0.6) is 0 Å². The number of carbonyl (C=O) groups excluding carboxylic acids is 3. The minimum atomic E-state index is -0.629. The van der Waals surface area contributed by atoms with E-state index >= 15 is 0 Å². The first kappa shape index (κ1) is 21.6. The molecule has 8 heteroatoms. The van der Waals surface area contributed by atoms with Crippen LogP contribution in [-0.4, -0.2) is 66.9 Å². The van der Waals surface area contributed by atoms with Gasteiger partial charge in [-0.05, 0) is 82.1 Å². The zero-order valence-corrected chi connectivity index (χ0v) is 18.1. The average molecular weight is 420 g/mol. The Morgan fingerprint density at radius 3 is 2.33 bits per heavy atom. The van der Waals surface area contributed by atoms with Gasteiger partial charge in [-0.2, -0.15) is 0 Å². The molecule has 0 spiro atoms. The smallest absolute Gasteiger partial charge is 0.239 e. The second-order valence-electron chi connectivity index (χ2n) is 10.0. The Labute approximate surface area is 179 Å². The predicted molar refractivity (Wildman–Crippen MR) is 113 cm³/mol. The van der Waals surface area contributed by atoms with Crippen molar-refractivity contribution in [2.75, 3.05) is 26.2 Å². The van der Waals surface area contributed by atoms with Crippen molar-refractivity contribution in [3.05, 3.63) is 0 Å². The van der Waals surface area contributed by atoms with Gasteiger partial charge in [0.1, 0.15) is 0 Å². The SMILES string of the molecule is CC(N)C(=O)NCC(=O)NCCN1CCC[C@@H]1C(=O)NC1C2CC3CC(C2)CC1C3. The predicted octanol–water partition coefficient (Wildman–Crippen LogP) is -0.0287. The van der Waals surface area contributed by atoms with Crippen LogP contribution in [0.25, 0.3) is 0 Å². The molecule has 5 fully saturated rings. The van der Waals surface area contributed by atoms with Crippen molar-refractivity contribution < 1.29 is 14.4 Å².